The Morgan fingerprint density at radius 3 is 2.68 bits per heavy atom. The minimum atomic E-state index is -0.204. The topological polar surface area (TPSA) is 112 Å². The number of anilines is 1. The Hall–Kier alpha value is -3.05. The highest BCUT2D eigenvalue weighted by atomic mass is 32.2. The van der Waals surface area contributed by atoms with Crippen LogP contribution in [0.3, 0.4) is 0 Å². The summed E-state index contributed by atoms with van der Waals surface area (Å²) in [5, 5.41) is 12.3. The van der Waals surface area contributed by atoms with Crippen LogP contribution in [0.15, 0.2) is 29.6 Å². The molecule has 0 unspecified atom stereocenters. The SMILES string of the molecule is CCCSc1nc(NCCOCC)c2cnn(CCNC(=O)c3ccc(OC)c(OC)c3)c2n1. The van der Waals surface area contributed by atoms with E-state index in [-0.39, 0.29) is 5.91 Å². The molecule has 0 aliphatic carbocycles. The fourth-order valence-electron chi connectivity index (χ4n) is 3.23. The molecule has 1 aromatic carbocycles. The molecule has 0 radical (unpaired) electrons. The van der Waals surface area contributed by atoms with E-state index in [0.29, 0.717) is 55.1 Å². The molecule has 0 aliphatic rings. The first-order valence-electron chi connectivity index (χ1n) is 11.3. The fraction of sp³-hybridized carbons (Fsp3) is 0.478. The number of fused-ring (bicyclic) bond motifs is 1. The first-order chi connectivity index (χ1) is 16.6. The van der Waals surface area contributed by atoms with Gasteiger partial charge in [0, 0.05) is 31.0 Å². The van der Waals surface area contributed by atoms with Gasteiger partial charge in [-0.25, -0.2) is 14.6 Å². The Bertz CT molecular complexity index is 1090. The van der Waals surface area contributed by atoms with Crippen molar-refractivity contribution < 1.29 is 19.0 Å². The maximum atomic E-state index is 12.6. The second kappa shape index (κ2) is 13.0. The van der Waals surface area contributed by atoms with E-state index in [0.717, 1.165) is 29.0 Å². The van der Waals surface area contributed by atoms with Gasteiger partial charge in [-0.15, -0.1) is 0 Å². The van der Waals surface area contributed by atoms with Gasteiger partial charge >= 0.3 is 0 Å². The van der Waals surface area contributed by atoms with Gasteiger partial charge in [-0.05, 0) is 31.5 Å². The quantitative estimate of drug-likeness (QED) is 0.201. The van der Waals surface area contributed by atoms with Gasteiger partial charge in [0.1, 0.15) is 5.82 Å². The Balaban J connectivity index is 1.70. The molecule has 2 heterocycles. The molecule has 3 rings (SSSR count). The number of carbonyl (C=O) groups excluding carboxylic acids is 1. The Kier molecular flexibility index (Phi) is 9.77. The Morgan fingerprint density at radius 2 is 1.94 bits per heavy atom. The monoisotopic (exact) mass is 488 g/mol. The van der Waals surface area contributed by atoms with Gasteiger partial charge in [-0.3, -0.25) is 4.79 Å². The molecule has 1 amide bonds. The fourth-order valence-corrected chi connectivity index (χ4v) is 3.93. The lowest BCUT2D eigenvalue weighted by Gasteiger charge is -2.11. The number of rotatable bonds is 14. The van der Waals surface area contributed by atoms with E-state index < -0.39 is 0 Å². The average molecular weight is 489 g/mol. The molecule has 2 aromatic heterocycles. The molecule has 0 bridgehead atoms. The number of hydrogen-bond donors (Lipinski definition) is 2. The van der Waals surface area contributed by atoms with Crippen molar-refractivity contribution in [2.45, 2.75) is 32.0 Å². The second-order valence-electron chi connectivity index (χ2n) is 7.26. The number of amides is 1. The van der Waals surface area contributed by atoms with E-state index >= 15 is 0 Å². The van der Waals surface area contributed by atoms with Crippen LogP contribution in [0.4, 0.5) is 5.82 Å². The van der Waals surface area contributed by atoms with Gasteiger partial charge in [0.2, 0.25) is 0 Å². The zero-order chi connectivity index (χ0) is 24.3. The summed E-state index contributed by atoms with van der Waals surface area (Å²) in [6.07, 6.45) is 2.78. The van der Waals surface area contributed by atoms with Crippen molar-refractivity contribution in [3.05, 3.63) is 30.0 Å². The lowest BCUT2D eigenvalue weighted by atomic mass is 10.2. The molecule has 0 saturated heterocycles. The number of thioether (sulfide) groups is 1. The summed E-state index contributed by atoms with van der Waals surface area (Å²) in [4.78, 5) is 22.0. The smallest absolute Gasteiger partial charge is 0.251 e. The van der Waals surface area contributed by atoms with Crippen molar-refractivity contribution in [1.29, 1.82) is 0 Å². The number of nitrogens with one attached hydrogen (secondary N) is 2. The number of ether oxygens (including phenoxy) is 3. The van der Waals surface area contributed by atoms with Crippen molar-refractivity contribution in [2.24, 2.45) is 0 Å². The molecule has 10 nitrogen and oxygen atoms in total. The number of nitrogens with zero attached hydrogens (tertiary/aromatic N) is 4. The second-order valence-corrected chi connectivity index (χ2v) is 8.32. The summed E-state index contributed by atoms with van der Waals surface area (Å²) in [5.74, 6) is 2.54. The van der Waals surface area contributed by atoms with Crippen LogP contribution >= 0.6 is 11.8 Å². The summed E-state index contributed by atoms with van der Waals surface area (Å²) < 4.78 is 17.7. The van der Waals surface area contributed by atoms with Crippen LogP contribution in [-0.4, -0.2) is 71.9 Å². The van der Waals surface area contributed by atoms with Crippen LogP contribution in [0.25, 0.3) is 11.0 Å². The average Bonchev–Trinajstić information content (AvgIpc) is 3.27. The van der Waals surface area contributed by atoms with Gasteiger partial charge in [0.05, 0.1) is 39.0 Å². The van der Waals surface area contributed by atoms with Crippen LogP contribution < -0.4 is 20.1 Å². The van der Waals surface area contributed by atoms with Crippen molar-refractivity contribution in [3.8, 4) is 11.5 Å². The number of aromatic nitrogens is 4. The lowest BCUT2D eigenvalue weighted by molar-refractivity contribution is 0.0951. The van der Waals surface area contributed by atoms with Crippen molar-refractivity contribution in [3.63, 3.8) is 0 Å². The van der Waals surface area contributed by atoms with E-state index in [1.165, 1.54) is 7.11 Å². The number of methoxy groups -OCH3 is 2. The van der Waals surface area contributed by atoms with E-state index in [2.05, 4.69) is 27.6 Å². The third kappa shape index (κ3) is 6.51. The summed E-state index contributed by atoms with van der Waals surface area (Å²) in [6, 6.07) is 5.06. The highest BCUT2D eigenvalue weighted by Gasteiger charge is 2.14. The normalized spacial score (nSPS) is 10.9. The molecule has 34 heavy (non-hydrogen) atoms. The highest BCUT2D eigenvalue weighted by molar-refractivity contribution is 7.99. The van der Waals surface area contributed by atoms with Crippen molar-refractivity contribution in [1.82, 2.24) is 25.1 Å². The largest absolute Gasteiger partial charge is 0.493 e. The standard InChI is InChI=1S/C23H32N6O4S/c1-5-13-34-23-27-20(24-10-12-33-6-2)17-15-26-29(21(17)28-23)11-9-25-22(30)16-7-8-18(31-3)19(14-16)32-4/h7-8,14-15H,5-6,9-13H2,1-4H3,(H,25,30)(H,24,27,28). The van der Waals surface area contributed by atoms with E-state index in [9.17, 15) is 4.79 Å². The molecule has 184 valence electrons. The van der Waals surface area contributed by atoms with E-state index in [4.69, 9.17) is 19.2 Å². The molecule has 0 aliphatic heterocycles. The first kappa shape index (κ1) is 25.6. The molecule has 11 heteroatoms. The Labute approximate surface area is 203 Å². The zero-order valence-electron chi connectivity index (χ0n) is 20.1. The molecule has 0 saturated carbocycles. The number of hydrogen-bond acceptors (Lipinski definition) is 9. The van der Waals surface area contributed by atoms with Gasteiger partial charge in [0.25, 0.3) is 5.91 Å². The molecule has 0 fully saturated rings. The third-order valence-electron chi connectivity index (χ3n) is 4.91. The molecule has 0 spiro atoms. The number of benzene rings is 1. The summed E-state index contributed by atoms with van der Waals surface area (Å²) in [6.45, 7) is 6.86. The Morgan fingerprint density at radius 1 is 1.12 bits per heavy atom. The van der Waals surface area contributed by atoms with Gasteiger partial charge in [-0.2, -0.15) is 5.10 Å². The molecular formula is C23H32N6O4S. The third-order valence-corrected chi connectivity index (χ3v) is 5.96. The highest BCUT2D eigenvalue weighted by Crippen LogP contribution is 2.27. The van der Waals surface area contributed by atoms with Gasteiger partial charge in [-0.1, -0.05) is 18.7 Å². The van der Waals surface area contributed by atoms with Crippen LogP contribution in [0.2, 0.25) is 0 Å². The van der Waals surface area contributed by atoms with E-state index in [1.54, 1.807) is 47.9 Å². The van der Waals surface area contributed by atoms with Crippen LogP contribution in [0, 0.1) is 0 Å². The lowest BCUT2D eigenvalue weighted by Crippen LogP contribution is -2.27. The van der Waals surface area contributed by atoms with Crippen LogP contribution in [0.1, 0.15) is 30.6 Å². The van der Waals surface area contributed by atoms with Crippen LogP contribution in [-0.2, 0) is 11.3 Å². The minimum Gasteiger partial charge on any atom is -0.493 e. The van der Waals surface area contributed by atoms with Crippen molar-refractivity contribution in [2.75, 3.05) is 51.6 Å². The summed E-state index contributed by atoms with van der Waals surface area (Å²) in [7, 11) is 3.10. The predicted molar refractivity (Wildman–Crippen MR) is 133 cm³/mol. The molecular weight excluding hydrogens is 456 g/mol. The summed E-state index contributed by atoms with van der Waals surface area (Å²) in [5.41, 5.74) is 1.22. The van der Waals surface area contributed by atoms with Gasteiger partial charge < -0.3 is 24.8 Å². The van der Waals surface area contributed by atoms with E-state index in [1.807, 2.05) is 6.92 Å². The van der Waals surface area contributed by atoms with Crippen molar-refractivity contribution >= 4 is 34.5 Å². The molecule has 0 atom stereocenters. The van der Waals surface area contributed by atoms with Gasteiger partial charge in [0.15, 0.2) is 22.3 Å². The zero-order valence-corrected chi connectivity index (χ0v) is 20.9. The maximum absolute atomic E-state index is 12.6. The van der Waals surface area contributed by atoms with Crippen LogP contribution in [0.5, 0.6) is 11.5 Å². The molecule has 2 N–H and O–H groups in total. The summed E-state index contributed by atoms with van der Waals surface area (Å²) >= 11 is 1.61. The molecule has 3 aromatic rings. The minimum absolute atomic E-state index is 0.204. The maximum Gasteiger partial charge on any atom is 0.251 e. The number of carbonyl (C=O) groups is 1. The first-order valence-corrected chi connectivity index (χ1v) is 12.3. The predicted octanol–water partition coefficient (Wildman–Crippen LogP) is 3.22.